The number of aromatic nitrogens is 3. The van der Waals surface area contributed by atoms with Crippen LogP contribution in [0.15, 0.2) is 57.8 Å². The van der Waals surface area contributed by atoms with Gasteiger partial charge in [-0.3, -0.25) is 19.0 Å². The highest BCUT2D eigenvalue weighted by atomic mass is 79.9. The van der Waals surface area contributed by atoms with Gasteiger partial charge in [-0.15, -0.1) is 0 Å². The fraction of sp³-hybridized carbons (Fsp3) is 0.105. The normalized spacial score (nSPS) is 16.7. The van der Waals surface area contributed by atoms with Crippen molar-refractivity contribution in [3.05, 3.63) is 74.5 Å². The van der Waals surface area contributed by atoms with Crippen LogP contribution in [0.5, 0.6) is 0 Å². The van der Waals surface area contributed by atoms with E-state index in [0.717, 1.165) is 21.1 Å². The molecule has 0 bridgehead atoms. The van der Waals surface area contributed by atoms with E-state index in [4.69, 9.17) is 0 Å². The largest absolute Gasteiger partial charge is 0.311 e. The Hall–Kier alpha value is -2.93. The molecule has 0 fully saturated rings. The average Bonchev–Trinajstić information content (AvgIpc) is 2.99. The summed E-state index contributed by atoms with van der Waals surface area (Å²) in [6, 6.07) is 15.3. The van der Waals surface area contributed by atoms with Crippen LogP contribution in [0.25, 0.3) is 16.8 Å². The lowest BCUT2D eigenvalue weighted by Crippen LogP contribution is -2.32. The number of anilines is 1. The lowest BCUT2D eigenvalue weighted by atomic mass is 9.87. The van der Waals surface area contributed by atoms with E-state index >= 15 is 0 Å². The maximum absolute atomic E-state index is 12.9. The first kappa shape index (κ1) is 15.3. The minimum absolute atomic E-state index is 0.118. The van der Waals surface area contributed by atoms with Gasteiger partial charge in [-0.25, -0.2) is 4.98 Å². The second-order valence-electron chi connectivity index (χ2n) is 6.34. The number of fused-ring (bicyclic) bond motifs is 5. The molecular weight excluding hydrogens is 396 g/mol. The summed E-state index contributed by atoms with van der Waals surface area (Å²) < 4.78 is 2.72. The lowest BCUT2D eigenvalue weighted by molar-refractivity contribution is -0.116. The van der Waals surface area contributed by atoms with Gasteiger partial charge >= 0.3 is 0 Å². The van der Waals surface area contributed by atoms with Crippen LogP contribution in [-0.4, -0.2) is 20.3 Å². The zero-order valence-corrected chi connectivity index (χ0v) is 15.1. The van der Waals surface area contributed by atoms with Gasteiger partial charge in [-0.2, -0.15) is 0 Å². The third kappa shape index (κ3) is 2.20. The summed E-state index contributed by atoms with van der Waals surface area (Å²) >= 11 is 3.47. The Balaban J connectivity index is 1.87. The standard InChI is InChI=1S/C19H13BrN4O2/c20-11-5-3-4-10(8-11)12-9-15(25)22-17-16(12)18(26)23-19-21-13-6-1-2-7-14(13)24(17)19/h1-8,12H,9H2,(H,22,25)(H,21,23,26)/t12-/m0/s1. The van der Waals surface area contributed by atoms with Crippen molar-refractivity contribution in [2.45, 2.75) is 12.3 Å². The number of halogens is 1. The van der Waals surface area contributed by atoms with E-state index in [2.05, 4.69) is 31.2 Å². The van der Waals surface area contributed by atoms with Gasteiger partial charge in [0.15, 0.2) is 0 Å². The summed E-state index contributed by atoms with van der Waals surface area (Å²) in [5.74, 6) is 0.488. The van der Waals surface area contributed by atoms with Crippen molar-refractivity contribution < 1.29 is 4.79 Å². The number of hydrogen-bond donors (Lipinski definition) is 2. The van der Waals surface area contributed by atoms with Crippen molar-refractivity contribution >= 4 is 44.5 Å². The Labute approximate surface area is 156 Å². The number of benzene rings is 2. The smallest absolute Gasteiger partial charge is 0.258 e. The number of amides is 1. The zero-order valence-electron chi connectivity index (χ0n) is 13.5. The molecule has 26 heavy (non-hydrogen) atoms. The van der Waals surface area contributed by atoms with Gasteiger partial charge in [0, 0.05) is 16.8 Å². The molecule has 5 rings (SSSR count). The molecule has 0 spiro atoms. The van der Waals surface area contributed by atoms with Crippen molar-refractivity contribution in [1.82, 2.24) is 14.4 Å². The first-order chi connectivity index (χ1) is 12.6. The highest BCUT2D eigenvalue weighted by Crippen LogP contribution is 2.36. The van der Waals surface area contributed by atoms with E-state index in [1.807, 2.05) is 52.9 Å². The Kier molecular flexibility index (Phi) is 3.27. The van der Waals surface area contributed by atoms with Gasteiger partial charge in [0.25, 0.3) is 5.56 Å². The monoisotopic (exact) mass is 408 g/mol. The van der Waals surface area contributed by atoms with Crippen LogP contribution >= 0.6 is 15.9 Å². The van der Waals surface area contributed by atoms with Crippen molar-refractivity contribution in [2.24, 2.45) is 0 Å². The number of rotatable bonds is 1. The molecule has 2 N–H and O–H groups in total. The molecule has 1 aliphatic heterocycles. The first-order valence-corrected chi connectivity index (χ1v) is 9.00. The number of H-pyrrole nitrogens is 1. The maximum atomic E-state index is 12.9. The molecule has 0 saturated heterocycles. The molecule has 6 nitrogen and oxygen atoms in total. The molecule has 2 aromatic heterocycles. The molecule has 0 unspecified atom stereocenters. The Morgan fingerprint density at radius 2 is 1.96 bits per heavy atom. The molecule has 1 atom stereocenters. The van der Waals surface area contributed by atoms with E-state index in [-0.39, 0.29) is 23.8 Å². The molecule has 0 saturated carbocycles. The molecule has 7 heteroatoms. The van der Waals surface area contributed by atoms with Gasteiger partial charge in [-0.05, 0) is 29.8 Å². The number of carbonyl (C=O) groups is 1. The van der Waals surface area contributed by atoms with Crippen molar-refractivity contribution in [3.63, 3.8) is 0 Å². The van der Waals surface area contributed by atoms with E-state index < -0.39 is 0 Å². The van der Waals surface area contributed by atoms with E-state index in [9.17, 15) is 9.59 Å². The second-order valence-corrected chi connectivity index (χ2v) is 7.25. The minimum Gasteiger partial charge on any atom is -0.311 e. The fourth-order valence-electron chi connectivity index (χ4n) is 3.66. The highest BCUT2D eigenvalue weighted by molar-refractivity contribution is 9.10. The summed E-state index contributed by atoms with van der Waals surface area (Å²) in [4.78, 5) is 32.6. The second kappa shape index (κ2) is 5.54. The Morgan fingerprint density at radius 1 is 1.12 bits per heavy atom. The SMILES string of the molecule is O=C1C[C@@H](c2cccc(Br)c2)c2c(n3c(nc4ccccc43)[nH]c2=O)N1. The third-order valence-electron chi connectivity index (χ3n) is 4.76. The molecule has 128 valence electrons. The number of para-hydroxylation sites is 2. The van der Waals surface area contributed by atoms with Crippen LogP contribution in [0, 0.1) is 0 Å². The summed E-state index contributed by atoms with van der Waals surface area (Å²) in [5.41, 5.74) is 2.84. The molecule has 0 aliphatic carbocycles. The Morgan fingerprint density at radius 3 is 2.81 bits per heavy atom. The van der Waals surface area contributed by atoms with Crippen molar-refractivity contribution in [1.29, 1.82) is 0 Å². The number of imidazole rings is 1. The number of nitrogens with zero attached hydrogens (tertiary/aromatic N) is 2. The summed E-state index contributed by atoms with van der Waals surface area (Å²) in [6.07, 6.45) is 0.227. The van der Waals surface area contributed by atoms with Crippen LogP contribution in [0.2, 0.25) is 0 Å². The predicted octanol–water partition coefficient (Wildman–Crippen LogP) is 3.41. The number of nitrogens with one attached hydrogen (secondary N) is 2. The van der Waals surface area contributed by atoms with Crippen LogP contribution < -0.4 is 10.9 Å². The highest BCUT2D eigenvalue weighted by Gasteiger charge is 2.32. The fourth-order valence-corrected chi connectivity index (χ4v) is 4.07. The predicted molar refractivity (Wildman–Crippen MR) is 103 cm³/mol. The van der Waals surface area contributed by atoms with Gasteiger partial charge in [0.1, 0.15) is 5.82 Å². The quantitative estimate of drug-likeness (QED) is 0.506. The van der Waals surface area contributed by atoms with Crippen molar-refractivity contribution in [3.8, 4) is 0 Å². The van der Waals surface area contributed by atoms with Gasteiger partial charge in [0.05, 0.1) is 16.6 Å². The summed E-state index contributed by atoms with van der Waals surface area (Å²) in [6.45, 7) is 0. The summed E-state index contributed by atoms with van der Waals surface area (Å²) in [7, 11) is 0. The minimum atomic E-state index is -0.314. The molecular formula is C19H13BrN4O2. The molecule has 1 aliphatic rings. The van der Waals surface area contributed by atoms with Crippen LogP contribution in [0.1, 0.15) is 23.5 Å². The first-order valence-electron chi connectivity index (χ1n) is 8.20. The third-order valence-corrected chi connectivity index (χ3v) is 5.25. The van der Waals surface area contributed by atoms with Crippen molar-refractivity contribution in [2.75, 3.05) is 5.32 Å². The lowest BCUT2D eigenvalue weighted by Gasteiger charge is -2.26. The molecule has 1 amide bonds. The van der Waals surface area contributed by atoms with Crippen LogP contribution in [-0.2, 0) is 4.79 Å². The molecule has 0 radical (unpaired) electrons. The van der Waals surface area contributed by atoms with Crippen LogP contribution in [0.4, 0.5) is 5.82 Å². The van der Waals surface area contributed by atoms with E-state index in [1.165, 1.54) is 0 Å². The number of aromatic amines is 1. The van der Waals surface area contributed by atoms with E-state index in [0.29, 0.717) is 17.2 Å². The number of hydrogen-bond acceptors (Lipinski definition) is 3. The zero-order chi connectivity index (χ0) is 17.8. The van der Waals surface area contributed by atoms with Crippen LogP contribution in [0.3, 0.4) is 0 Å². The van der Waals surface area contributed by atoms with Gasteiger partial charge in [0.2, 0.25) is 11.7 Å². The van der Waals surface area contributed by atoms with E-state index in [1.54, 1.807) is 0 Å². The van der Waals surface area contributed by atoms with Gasteiger partial charge < -0.3 is 5.32 Å². The average molecular weight is 409 g/mol. The summed E-state index contributed by atoms with van der Waals surface area (Å²) in [5, 5.41) is 2.89. The molecule has 4 aromatic rings. The maximum Gasteiger partial charge on any atom is 0.258 e. The topological polar surface area (TPSA) is 79.3 Å². The molecule has 3 heterocycles. The molecule has 2 aromatic carbocycles. The van der Waals surface area contributed by atoms with Gasteiger partial charge in [-0.1, -0.05) is 40.2 Å². The Bertz CT molecular complexity index is 1260. The number of carbonyl (C=O) groups excluding carboxylic acids is 1.